The fourth-order valence-corrected chi connectivity index (χ4v) is 2.93. The number of morpholine rings is 1. The molecule has 1 aromatic rings. The Kier molecular flexibility index (Phi) is 4.63. The van der Waals surface area contributed by atoms with Crippen molar-refractivity contribution >= 4 is 11.7 Å². The highest BCUT2D eigenvalue weighted by atomic mass is 19.1. The third-order valence-electron chi connectivity index (χ3n) is 4.25. The van der Waals surface area contributed by atoms with Gasteiger partial charge in [0.1, 0.15) is 5.82 Å². The molecule has 2 aliphatic heterocycles. The number of anilines is 1. The van der Waals surface area contributed by atoms with Crippen molar-refractivity contribution in [2.75, 3.05) is 57.4 Å². The van der Waals surface area contributed by atoms with Crippen LogP contribution in [-0.4, -0.2) is 68.3 Å². The number of carbonyl (C=O) groups is 1. The number of amides is 2. The maximum atomic E-state index is 14.1. The lowest BCUT2D eigenvalue weighted by Gasteiger charge is -2.39. The van der Waals surface area contributed by atoms with Gasteiger partial charge in [-0.15, -0.1) is 0 Å². The van der Waals surface area contributed by atoms with Crippen molar-refractivity contribution in [1.82, 2.24) is 9.80 Å². The third kappa shape index (κ3) is 3.37. The smallest absolute Gasteiger partial charge is 0.320 e. The van der Waals surface area contributed by atoms with Crippen molar-refractivity contribution in [2.24, 2.45) is 0 Å². The van der Waals surface area contributed by atoms with Gasteiger partial charge in [-0.05, 0) is 18.2 Å². The van der Waals surface area contributed by atoms with Gasteiger partial charge >= 0.3 is 6.03 Å². The van der Waals surface area contributed by atoms with Crippen LogP contribution in [0.3, 0.4) is 0 Å². The first-order valence-corrected chi connectivity index (χ1v) is 7.75. The third-order valence-corrected chi connectivity index (χ3v) is 4.25. The number of nitriles is 1. The summed E-state index contributed by atoms with van der Waals surface area (Å²) in [5.41, 5.74) is 0.801. The van der Waals surface area contributed by atoms with E-state index in [0.29, 0.717) is 63.7 Å². The summed E-state index contributed by atoms with van der Waals surface area (Å²) in [6.07, 6.45) is 0. The van der Waals surface area contributed by atoms with E-state index in [4.69, 9.17) is 10.00 Å². The van der Waals surface area contributed by atoms with E-state index in [1.807, 2.05) is 15.9 Å². The summed E-state index contributed by atoms with van der Waals surface area (Å²) in [5, 5.41) is 8.79. The second-order valence-corrected chi connectivity index (χ2v) is 5.63. The fraction of sp³-hybridized carbons (Fsp3) is 0.500. The Balaban J connectivity index is 1.60. The zero-order valence-corrected chi connectivity index (χ0v) is 12.9. The molecule has 2 heterocycles. The van der Waals surface area contributed by atoms with Crippen LogP contribution in [0, 0.1) is 17.1 Å². The van der Waals surface area contributed by atoms with Crippen molar-refractivity contribution in [3.63, 3.8) is 0 Å². The normalized spacial score (nSPS) is 18.7. The maximum absolute atomic E-state index is 14.1. The van der Waals surface area contributed by atoms with Crippen LogP contribution < -0.4 is 4.90 Å². The molecule has 0 spiro atoms. The molecule has 6 nitrogen and oxygen atoms in total. The van der Waals surface area contributed by atoms with Gasteiger partial charge in [-0.25, -0.2) is 9.18 Å². The topological polar surface area (TPSA) is 59.8 Å². The largest absolute Gasteiger partial charge is 0.378 e. The number of rotatable bonds is 1. The monoisotopic (exact) mass is 318 g/mol. The Hall–Kier alpha value is -2.33. The molecule has 0 bridgehead atoms. The number of urea groups is 1. The van der Waals surface area contributed by atoms with Crippen molar-refractivity contribution in [1.29, 1.82) is 5.26 Å². The number of hydrogen-bond acceptors (Lipinski definition) is 4. The first-order chi connectivity index (χ1) is 11.2. The standard InChI is InChI=1S/C16H19FN4O2/c17-14-11-13(12-18)1-2-15(14)19-3-5-20(6-4-19)16(22)21-7-9-23-10-8-21/h1-2,11H,3-10H2. The Bertz CT molecular complexity index is 617. The van der Waals surface area contributed by atoms with E-state index in [0.717, 1.165) is 0 Å². The second-order valence-electron chi connectivity index (χ2n) is 5.63. The van der Waals surface area contributed by atoms with Crippen LogP contribution in [0.2, 0.25) is 0 Å². The summed E-state index contributed by atoms with van der Waals surface area (Å²) >= 11 is 0. The van der Waals surface area contributed by atoms with E-state index < -0.39 is 5.82 Å². The van der Waals surface area contributed by atoms with E-state index in [2.05, 4.69) is 0 Å². The van der Waals surface area contributed by atoms with Crippen molar-refractivity contribution in [2.45, 2.75) is 0 Å². The van der Waals surface area contributed by atoms with Gasteiger partial charge in [0, 0.05) is 39.3 Å². The highest BCUT2D eigenvalue weighted by molar-refractivity contribution is 5.75. The number of piperazine rings is 1. The summed E-state index contributed by atoms with van der Waals surface area (Å²) < 4.78 is 19.3. The molecule has 2 fully saturated rings. The molecule has 0 radical (unpaired) electrons. The number of halogens is 1. The molecule has 0 saturated carbocycles. The van der Waals surface area contributed by atoms with Crippen LogP contribution in [0.5, 0.6) is 0 Å². The SMILES string of the molecule is N#Cc1ccc(N2CCN(C(=O)N3CCOCC3)CC2)c(F)c1. The number of hydrogen-bond donors (Lipinski definition) is 0. The van der Waals surface area contributed by atoms with Crippen LogP contribution in [0.4, 0.5) is 14.9 Å². The van der Waals surface area contributed by atoms with E-state index in [1.165, 1.54) is 6.07 Å². The Labute approximate surface area is 134 Å². The Morgan fingerprint density at radius 3 is 2.35 bits per heavy atom. The molecule has 0 aromatic heterocycles. The van der Waals surface area contributed by atoms with Gasteiger partial charge in [-0.1, -0.05) is 0 Å². The minimum atomic E-state index is -0.392. The highest BCUT2D eigenvalue weighted by Crippen LogP contribution is 2.22. The first-order valence-electron chi connectivity index (χ1n) is 7.75. The molecule has 0 unspecified atom stereocenters. The average Bonchev–Trinajstić information content (AvgIpc) is 2.62. The van der Waals surface area contributed by atoms with Gasteiger partial charge in [-0.2, -0.15) is 5.26 Å². The van der Waals surface area contributed by atoms with Crippen LogP contribution >= 0.6 is 0 Å². The molecule has 2 aliphatic rings. The maximum Gasteiger partial charge on any atom is 0.320 e. The zero-order chi connectivity index (χ0) is 16.2. The molecule has 3 rings (SSSR count). The van der Waals surface area contributed by atoms with E-state index in [-0.39, 0.29) is 6.03 Å². The molecule has 0 aliphatic carbocycles. The lowest BCUT2D eigenvalue weighted by molar-refractivity contribution is 0.0428. The average molecular weight is 318 g/mol. The minimum absolute atomic E-state index is 0.0354. The molecule has 0 N–H and O–H groups in total. The van der Waals surface area contributed by atoms with Crippen LogP contribution in [0.15, 0.2) is 18.2 Å². The van der Waals surface area contributed by atoms with Gasteiger partial charge in [0.15, 0.2) is 0 Å². The minimum Gasteiger partial charge on any atom is -0.378 e. The molecular weight excluding hydrogens is 299 g/mol. The van der Waals surface area contributed by atoms with Crippen molar-refractivity contribution in [3.8, 4) is 6.07 Å². The molecule has 1 aromatic carbocycles. The summed E-state index contributed by atoms with van der Waals surface area (Å²) in [6, 6.07) is 6.46. The quantitative estimate of drug-likeness (QED) is 0.782. The summed E-state index contributed by atoms with van der Waals surface area (Å²) in [4.78, 5) is 17.9. The first kappa shape index (κ1) is 15.6. The van der Waals surface area contributed by atoms with E-state index >= 15 is 0 Å². The lowest BCUT2D eigenvalue weighted by atomic mass is 10.2. The molecule has 23 heavy (non-hydrogen) atoms. The van der Waals surface area contributed by atoms with Crippen molar-refractivity contribution < 1.29 is 13.9 Å². The predicted molar refractivity (Wildman–Crippen MR) is 82.7 cm³/mol. The number of benzene rings is 1. The van der Waals surface area contributed by atoms with E-state index in [9.17, 15) is 9.18 Å². The molecule has 7 heteroatoms. The predicted octanol–water partition coefficient (Wildman–Crippen LogP) is 1.27. The fourth-order valence-electron chi connectivity index (χ4n) is 2.93. The van der Waals surface area contributed by atoms with Crippen LogP contribution in [0.25, 0.3) is 0 Å². The van der Waals surface area contributed by atoms with Gasteiger partial charge in [-0.3, -0.25) is 0 Å². The molecule has 0 atom stereocenters. The van der Waals surface area contributed by atoms with Crippen LogP contribution in [0.1, 0.15) is 5.56 Å². The van der Waals surface area contributed by atoms with Gasteiger partial charge < -0.3 is 19.4 Å². The number of carbonyl (C=O) groups excluding carboxylic acids is 1. The molecule has 122 valence electrons. The summed E-state index contributed by atoms with van der Waals surface area (Å²) in [7, 11) is 0. The molecular formula is C16H19FN4O2. The highest BCUT2D eigenvalue weighted by Gasteiger charge is 2.27. The van der Waals surface area contributed by atoms with Gasteiger partial charge in [0.05, 0.1) is 30.5 Å². The number of nitrogens with zero attached hydrogens (tertiary/aromatic N) is 4. The van der Waals surface area contributed by atoms with E-state index in [1.54, 1.807) is 17.0 Å². The Morgan fingerprint density at radius 1 is 1.09 bits per heavy atom. The molecule has 2 amide bonds. The summed E-state index contributed by atoms with van der Waals surface area (Å²) in [6.45, 7) is 4.72. The zero-order valence-electron chi connectivity index (χ0n) is 12.9. The van der Waals surface area contributed by atoms with Crippen molar-refractivity contribution in [3.05, 3.63) is 29.6 Å². The number of ether oxygens (including phenoxy) is 1. The second kappa shape index (κ2) is 6.84. The van der Waals surface area contributed by atoms with Crippen LogP contribution in [-0.2, 0) is 4.74 Å². The summed E-state index contributed by atoms with van der Waals surface area (Å²) in [5.74, 6) is -0.392. The van der Waals surface area contributed by atoms with Gasteiger partial charge in [0.2, 0.25) is 0 Å². The molecule has 2 saturated heterocycles. The lowest BCUT2D eigenvalue weighted by Crippen LogP contribution is -2.55. The van der Waals surface area contributed by atoms with Gasteiger partial charge in [0.25, 0.3) is 0 Å². The Morgan fingerprint density at radius 2 is 1.74 bits per heavy atom.